The molecule has 0 spiro atoms. The second-order valence-electron chi connectivity index (χ2n) is 4.99. The quantitative estimate of drug-likeness (QED) is 0.671. The Labute approximate surface area is 103 Å². The summed E-state index contributed by atoms with van der Waals surface area (Å²) in [5.41, 5.74) is 8.70. The second-order valence-corrected chi connectivity index (χ2v) is 4.99. The van der Waals surface area contributed by atoms with Crippen LogP contribution >= 0.6 is 0 Å². The Hall–Kier alpha value is -1.95. The molecule has 0 amide bonds. The van der Waals surface area contributed by atoms with E-state index in [1.54, 1.807) is 6.20 Å². The van der Waals surface area contributed by atoms with Gasteiger partial charge < -0.3 is 10.7 Å². The normalized spacial score (nSPS) is 24.3. The van der Waals surface area contributed by atoms with E-state index in [0.29, 0.717) is 12.0 Å². The zero-order chi connectivity index (χ0) is 12.1. The Morgan fingerprint density at radius 2 is 2.28 bits per heavy atom. The highest BCUT2D eigenvalue weighted by atomic mass is 15.3. The van der Waals surface area contributed by atoms with Gasteiger partial charge in [-0.2, -0.15) is 0 Å². The van der Waals surface area contributed by atoms with Gasteiger partial charge in [0.1, 0.15) is 5.82 Å². The third kappa shape index (κ3) is 1.29. The van der Waals surface area contributed by atoms with Crippen molar-refractivity contribution < 1.29 is 0 Å². The lowest BCUT2D eigenvalue weighted by atomic mass is 10.1. The van der Waals surface area contributed by atoms with Crippen LogP contribution in [0.2, 0.25) is 0 Å². The maximum absolute atomic E-state index is 5.99. The number of nitrogens with zero attached hydrogens (tertiary/aromatic N) is 4. The van der Waals surface area contributed by atoms with Crippen molar-refractivity contribution in [2.45, 2.75) is 31.2 Å². The standard InChI is InChI=1S/C12H14N6/c13-8-2-1-7(5-8)12-17-16-10-6-15-11-9(18(10)12)3-4-14-11/h3-4,6-8,14H,1-2,5,13H2. The summed E-state index contributed by atoms with van der Waals surface area (Å²) in [6.45, 7) is 0. The third-order valence-electron chi connectivity index (χ3n) is 3.81. The molecule has 18 heavy (non-hydrogen) atoms. The fourth-order valence-corrected chi connectivity index (χ4v) is 2.91. The van der Waals surface area contributed by atoms with Crippen molar-refractivity contribution in [3.63, 3.8) is 0 Å². The molecule has 3 aromatic rings. The van der Waals surface area contributed by atoms with Crippen LogP contribution in [0.4, 0.5) is 0 Å². The Bertz CT molecular complexity index is 712. The van der Waals surface area contributed by atoms with Gasteiger partial charge in [0.05, 0.1) is 11.7 Å². The minimum Gasteiger partial charge on any atom is -0.345 e. The van der Waals surface area contributed by atoms with Crippen LogP contribution in [-0.2, 0) is 0 Å². The molecular formula is C12H14N6. The highest BCUT2D eigenvalue weighted by molar-refractivity contribution is 5.74. The highest BCUT2D eigenvalue weighted by Crippen LogP contribution is 2.33. The number of nitrogens with two attached hydrogens (primary N) is 1. The number of H-pyrrole nitrogens is 1. The van der Waals surface area contributed by atoms with Crippen LogP contribution in [0.15, 0.2) is 18.5 Å². The molecule has 1 aliphatic rings. The SMILES string of the molecule is NC1CCC(c2nnc3cnc4[nH]ccc4n23)C1. The monoisotopic (exact) mass is 242 g/mol. The summed E-state index contributed by atoms with van der Waals surface area (Å²) in [4.78, 5) is 7.44. The molecule has 1 aliphatic carbocycles. The first kappa shape index (κ1) is 10.0. The van der Waals surface area contributed by atoms with Gasteiger partial charge in [-0.15, -0.1) is 10.2 Å². The minimum atomic E-state index is 0.297. The van der Waals surface area contributed by atoms with Gasteiger partial charge in [0.25, 0.3) is 0 Å². The zero-order valence-corrected chi connectivity index (χ0v) is 9.87. The molecule has 6 nitrogen and oxygen atoms in total. The molecule has 92 valence electrons. The summed E-state index contributed by atoms with van der Waals surface area (Å²) in [5.74, 6) is 1.43. The largest absolute Gasteiger partial charge is 0.345 e. The Morgan fingerprint density at radius 1 is 1.33 bits per heavy atom. The van der Waals surface area contributed by atoms with E-state index in [0.717, 1.165) is 41.9 Å². The Morgan fingerprint density at radius 3 is 3.11 bits per heavy atom. The van der Waals surface area contributed by atoms with E-state index >= 15 is 0 Å². The Kier molecular flexibility index (Phi) is 1.96. The van der Waals surface area contributed by atoms with Crippen LogP contribution in [0.5, 0.6) is 0 Å². The zero-order valence-electron chi connectivity index (χ0n) is 9.87. The molecule has 1 saturated carbocycles. The number of fused-ring (bicyclic) bond motifs is 3. The number of rotatable bonds is 1. The van der Waals surface area contributed by atoms with Gasteiger partial charge in [0.15, 0.2) is 11.3 Å². The number of hydrogen-bond donors (Lipinski definition) is 2. The van der Waals surface area contributed by atoms with Crippen molar-refractivity contribution in [2.24, 2.45) is 5.73 Å². The summed E-state index contributed by atoms with van der Waals surface area (Å²) in [7, 11) is 0. The first-order valence-corrected chi connectivity index (χ1v) is 6.25. The topological polar surface area (TPSA) is 84.9 Å². The maximum atomic E-state index is 5.99. The molecule has 3 N–H and O–H groups in total. The summed E-state index contributed by atoms with van der Waals surface area (Å²) in [6.07, 6.45) is 6.80. The first-order chi connectivity index (χ1) is 8.83. The van der Waals surface area contributed by atoms with Gasteiger partial charge in [-0.25, -0.2) is 4.98 Å². The summed E-state index contributed by atoms with van der Waals surface area (Å²) < 4.78 is 2.10. The minimum absolute atomic E-state index is 0.297. The molecule has 0 radical (unpaired) electrons. The fraction of sp³-hybridized carbons (Fsp3) is 0.417. The molecule has 0 aromatic carbocycles. The predicted octanol–water partition coefficient (Wildman–Crippen LogP) is 1.20. The van der Waals surface area contributed by atoms with Crippen LogP contribution in [0.1, 0.15) is 31.0 Å². The summed E-state index contributed by atoms with van der Waals surface area (Å²) >= 11 is 0. The van der Waals surface area contributed by atoms with E-state index in [1.165, 1.54) is 0 Å². The molecule has 6 heteroatoms. The van der Waals surface area contributed by atoms with Gasteiger partial charge in [0, 0.05) is 18.2 Å². The van der Waals surface area contributed by atoms with Crippen molar-refractivity contribution in [3.8, 4) is 0 Å². The lowest BCUT2D eigenvalue weighted by molar-refractivity contribution is 0.639. The lowest BCUT2D eigenvalue weighted by Crippen LogP contribution is -2.15. The van der Waals surface area contributed by atoms with Gasteiger partial charge >= 0.3 is 0 Å². The van der Waals surface area contributed by atoms with E-state index in [1.807, 2.05) is 12.3 Å². The van der Waals surface area contributed by atoms with Crippen molar-refractivity contribution in [3.05, 3.63) is 24.3 Å². The van der Waals surface area contributed by atoms with Crippen LogP contribution in [0.3, 0.4) is 0 Å². The smallest absolute Gasteiger partial charge is 0.179 e. The van der Waals surface area contributed by atoms with Gasteiger partial charge in [-0.1, -0.05) is 0 Å². The lowest BCUT2D eigenvalue weighted by Gasteiger charge is -2.07. The van der Waals surface area contributed by atoms with Crippen molar-refractivity contribution in [1.82, 2.24) is 24.6 Å². The van der Waals surface area contributed by atoms with Crippen LogP contribution < -0.4 is 5.73 Å². The number of nitrogens with one attached hydrogen (secondary N) is 1. The van der Waals surface area contributed by atoms with Crippen molar-refractivity contribution in [1.29, 1.82) is 0 Å². The molecule has 0 saturated heterocycles. The maximum Gasteiger partial charge on any atom is 0.179 e. The number of aromatic nitrogens is 5. The first-order valence-electron chi connectivity index (χ1n) is 6.25. The molecule has 4 rings (SSSR count). The van der Waals surface area contributed by atoms with Crippen LogP contribution in [-0.4, -0.2) is 30.6 Å². The summed E-state index contributed by atoms with van der Waals surface area (Å²) in [6, 6.07) is 2.31. The van der Waals surface area contributed by atoms with E-state index < -0.39 is 0 Å². The summed E-state index contributed by atoms with van der Waals surface area (Å²) in [5, 5.41) is 8.56. The molecule has 0 aliphatic heterocycles. The van der Waals surface area contributed by atoms with Gasteiger partial charge in [-0.3, -0.25) is 4.40 Å². The van der Waals surface area contributed by atoms with E-state index in [-0.39, 0.29) is 0 Å². The third-order valence-corrected chi connectivity index (χ3v) is 3.81. The van der Waals surface area contributed by atoms with Crippen LogP contribution in [0, 0.1) is 0 Å². The molecule has 2 unspecified atom stereocenters. The van der Waals surface area contributed by atoms with E-state index in [9.17, 15) is 0 Å². The highest BCUT2D eigenvalue weighted by Gasteiger charge is 2.27. The molecular weight excluding hydrogens is 228 g/mol. The molecule has 3 aromatic heterocycles. The van der Waals surface area contributed by atoms with Crippen LogP contribution in [0.25, 0.3) is 16.8 Å². The average molecular weight is 242 g/mol. The predicted molar refractivity (Wildman–Crippen MR) is 67.2 cm³/mol. The van der Waals surface area contributed by atoms with Crippen molar-refractivity contribution in [2.75, 3.05) is 0 Å². The second kappa shape index (κ2) is 3.52. The average Bonchev–Trinajstić information content (AvgIpc) is 3.03. The molecule has 3 heterocycles. The fourth-order valence-electron chi connectivity index (χ4n) is 2.91. The van der Waals surface area contributed by atoms with E-state index in [2.05, 4.69) is 24.6 Å². The Balaban J connectivity index is 1.97. The van der Waals surface area contributed by atoms with E-state index in [4.69, 9.17) is 5.73 Å². The van der Waals surface area contributed by atoms with Gasteiger partial charge in [0.2, 0.25) is 0 Å². The molecule has 2 atom stereocenters. The number of hydrogen-bond acceptors (Lipinski definition) is 4. The molecule has 1 fully saturated rings. The van der Waals surface area contributed by atoms with Gasteiger partial charge in [-0.05, 0) is 25.3 Å². The molecule has 0 bridgehead atoms. The van der Waals surface area contributed by atoms with Crippen molar-refractivity contribution >= 4 is 16.8 Å². The number of aromatic amines is 1.